The fourth-order valence-electron chi connectivity index (χ4n) is 2.29. The van der Waals surface area contributed by atoms with Crippen molar-refractivity contribution >= 4 is 40.3 Å². The Balaban J connectivity index is 1.49. The molecule has 0 unspecified atom stereocenters. The molecule has 0 aliphatic carbocycles. The minimum atomic E-state index is -0.471. The van der Waals surface area contributed by atoms with E-state index in [-0.39, 0.29) is 17.3 Å². The van der Waals surface area contributed by atoms with Gasteiger partial charge in [-0.25, -0.2) is 4.39 Å². The van der Waals surface area contributed by atoms with Gasteiger partial charge in [0.2, 0.25) is 11.1 Å². The van der Waals surface area contributed by atoms with Crippen LogP contribution in [0.15, 0.2) is 59.1 Å². The molecule has 130 valence electrons. The maximum Gasteiger partial charge on any atom is 0.234 e. The number of carbonyl (C=O) groups excluding carboxylic acids is 1. The second-order valence-electron chi connectivity index (χ2n) is 5.27. The molecule has 4 aromatic rings. The number of aromatic nitrogens is 4. The third kappa shape index (κ3) is 3.44. The number of nitrogens with one attached hydrogen (secondary N) is 1. The normalized spacial score (nSPS) is 11.0. The van der Waals surface area contributed by atoms with Gasteiger partial charge in [-0.1, -0.05) is 30.0 Å². The molecule has 1 amide bonds. The van der Waals surface area contributed by atoms with Gasteiger partial charge in [0.05, 0.1) is 16.3 Å². The Bertz CT molecular complexity index is 1060. The van der Waals surface area contributed by atoms with Crippen molar-refractivity contribution < 1.29 is 9.18 Å². The minimum Gasteiger partial charge on any atom is -0.323 e. The molecule has 0 aliphatic heterocycles. The van der Waals surface area contributed by atoms with Gasteiger partial charge in [-0.15, -0.1) is 21.5 Å². The Kier molecular flexibility index (Phi) is 4.63. The van der Waals surface area contributed by atoms with Gasteiger partial charge in [0.15, 0.2) is 5.65 Å². The summed E-state index contributed by atoms with van der Waals surface area (Å²) in [5.74, 6) is -0.729. The Morgan fingerprint density at radius 2 is 2.04 bits per heavy atom. The van der Waals surface area contributed by atoms with Gasteiger partial charge in [0.1, 0.15) is 11.5 Å². The number of anilines is 1. The second kappa shape index (κ2) is 7.22. The molecule has 0 spiro atoms. The van der Waals surface area contributed by atoms with Crippen molar-refractivity contribution in [1.29, 1.82) is 0 Å². The molecular weight excluding hydrogens is 373 g/mol. The summed E-state index contributed by atoms with van der Waals surface area (Å²) in [6.45, 7) is 0. The van der Waals surface area contributed by atoms with Gasteiger partial charge in [0.25, 0.3) is 0 Å². The summed E-state index contributed by atoms with van der Waals surface area (Å²) < 4.78 is 15.2. The fourth-order valence-corrected chi connectivity index (χ4v) is 3.67. The molecule has 9 heteroatoms. The first-order valence-corrected chi connectivity index (χ1v) is 9.51. The lowest BCUT2D eigenvalue weighted by Gasteiger charge is -2.05. The van der Waals surface area contributed by atoms with E-state index in [1.165, 1.54) is 23.9 Å². The van der Waals surface area contributed by atoms with E-state index in [2.05, 4.69) is 20.6 Å². The molecular formula is C17H12FN5OS2. The first kappa shape index (κ1) is 16.7. The zero-order valence-electron chi connectivity index (χ0n) is 13.3. The number of carbonyl (C=O) groups is 1. The van der Waals surface area contributed by atoms with Gasteiger partial charge in [-0.2, -0.15) is 9.61 Å². The highest BCUT2D eigenvalue weighted by atomic mass is 32.2. The van der Waals surface area contributed by atoms with Gasteiger partial charge < -0.3 is 5.32 Å². The number of amides is 1. The van der Waals surface area contributed by atoms with Gasteiger partial charge in [-0.3, -0.25) is 4.79 Å². The van der Waals surface area contributed by atoms with E-state index in [4.69, 9.17) is 0 Å². The SMILES string of the molecule is O=C(CSc1nnc2ccc(-c3cccs3)nn12)Nc1ccccc1F. The van der Waals surface area contributed by atoms with Crippen molar-refractivity contribution in [3.8, 4) is 10.6 Å². The molecule has 0 radical (unpaired) electrons. The van der Waals surface area contributed by atoms with E-state index in [9.17, 15) is 9.18 Å². The number of halogens is 1. The topological polar surface area (TPSA) is 72.2 Å². The van der Waals surface area contributed by atoms with Crippen LogP contribution in [0.1, 0.15) is 0 Å². The zero-order chi connectivity index (χ0) is 17.9. The summed E-state index contributed by atoms with van der Waals surface area (Å²) in [7, 11) is 0. The fraction of sp³-hybridized carbons (Fsp3) is 0.0588. The maximum atomic E-state index is 13.6. The highest BCUT2D eigenvalue weighted by Gasteiger charge is 2.13. The summed E-state index contributed by atoms with van der Waals surface area (Å²) in [6, 6.07) is 13.7. The lowest BCUT2D eigenvalue weighted by Crippen LogP contribution is -2.15. The monoisotopic (exact) mass is 385 g/mol. The van der Waals surface area contributed by atoms with Crippen LogP contribution in [0, 0.1) is 5.82 Å². The van der Waals surface area contributed by atoms with E-state index < -0.39 is 5.82 Å². The third-order valence-electron chi connectivity index (χ3n) is 3.49. The van der Waals surface area contributed by atoms with Crippen LogP contribution in [0.25, 0.3) is 16.2 Å². The highest BCUT2D eigenvalue weighted by Crippen LogP contribution is 2.24. The van der Waals surface area contributed by atoms with E-state index in [0.29, 0.717) is 10.8 Å². The van der Waals surface area contributed by atoms with Crippen molar-refractivity contribution in [1.82, 2.24) is 19.8 Å². The number of hydrogen-bond donors (Lipinski definition) is 1. The van der Waals surface area contributed by atoms with Gasteiger partial charge in [-0.05, 0) is 35.7 Å². The average molecular weight is 385 g/mol. The number of hydrogen-bond acceptors (Lipinski definition) is 6. The molecule has 0 bridgehead atoms. The molecule has 26 heavy (non-hydrogen) atoms. The average Bonchev–Trinajstić information content (AvgIpc) is 3.31. The number of nitrogens with zero attached hydrogens (tertiary/aromatic N) is 4. The van der Waals surface area contributed by atoms with E-state index in [1.807, 2.05) is 29.6 Å². The number of thioether (sulfide) groups is 1. The van der Waals surface area contributed by atoms with Crippen LogP contribution in [0.5, 0.6) is 0 Å². The van der Waals surface area contributed by atoms with Crippen LogP contribution >= 0.6 is 23.1 Å². The van der Waals surface area contributed by atoms with Crippen molar-refractivity contribution in [2.24, 2.45) is 0 Å². The number of para-hydroxylation sites is 1. The van der Waals surface area contributed by atoms with Crippen LogP contribution in [0.4, 0.5) is 10.1 Å². The lowest BCUT2D eigenvalue weighted by molar-refractivity contribution is -0.113. The molecule has 6 nitrogen and oxygen atoms in total. The van der Waals surface area contributed by atoms with Gasteiger partial charge >= 0.3 is 0 Å². The third-order valence-corrected chi connectivity index (χ3v) is 5.30. The van der Waals surface area contributed by atoms with Crippen molar-refractivity contribution in [2.75, 3.05) is 11.1 Å². The van der Waals surface area contributed by atoms with Crippen LogP contribution in [-0.2, 0) is 4.79 Å². The standard InChI is InChI=1S/C17H12FN5OS2/c18-11-4-1-2-5-12(11)19-16(24)10-26-17-21-20-15-8-7-13(22-23(15)17)14-6-3-9-25-14/h1-9H,10H2,(H,19,24). The molecule has 1 aromatic carbocycles. The predicted octanol–water partition coefficient (Wildman–Crippen LogP) is 3.72. The smallest absolute Gasteiger partial charge is 0.234 e. The molecule has 3 heterocycles. The number of benzene rings is 1. The Morgan fingerprint density at radius 1 is 1.15 bits per heavy atom. The van der Waals surface area contributed by atoms with Crippen LogP contribution in [0.2, 0.25) is 0 Å². The summed E-state index contributed by atoms with van der Waals surface area (Å²) in [5.41, 5.74) is 1.56. The molecule has 3 aromatic heterocycles. The summed E-state index contributed by atoms with van der Waals surface area (Å²) in [6.07, 6.45) is 0. The summed E-state index contributed by atoms with van der Waals surface area (Å²) in [4.78, 5) is 13.1. The molecule has 1 N–H and O–H groups in total. The molecule has 0 atom stereocenters. The Morgan fingerprint density at radius 3 is 2.85 bits per heavy atom. The van der Waals surface area contributed by atoms with Crippen LogP contribution in [-0.4, -0.2) is 31.5 Å². The second-order valence-corrected chi connectivity index (χ2v) is 7.16. The van der Waals surface area contributed by atoms with E-state index in [0.717, 1.165) is 10.6 Å². The summed E-state index contributed by atoms with van der Waals surface area (Å²) in [5, 5.41) is 17.7. The Hall–Kier alpha value is -2.78. The number of fused-ring (bicyclic) bond motifs is 1. The quantitative estimate of drug-likeness (QED) is 0.530. The summed E-state index contributed by atoms with van der Waals surface area (Å²) >= 11 is 2.78. The van der Waals surface area contributed by atoms with Crippen LogP contribution < -0.4 is 5.32 Å². The van der Waals surface area contributed by atoms with E-state index >= 15 is 0 Å². The number of rotatable bonds is 5. The molecule has 0 aliphatic rings. The first-order chi connectivity index (χ1) is 12.7. The minimum absolute atomic E-state index is 0.0695. The van der Waals surface area contributed by atoms with Crippen LogP contribution in [0.3, 0.4) is 0 Å². The Labute approximate surface area is 156 Å². The zero-order valence-corrected chi connectivity index (χ0v) is 14.9. The van der Waals surface area contributed by atoms with Crippen molar-refractivity contribution in [3.63, 3.8) is 0 Å². The predicted molar refractivity (Wildman–Crippen MR) is 99.8 cm³/mol. The number of thiophene rings is 1. The highest BCUT2D eigenvalue weighted by molar-refractivity contribution is 7.99. The molecule has 0 saturated carbocycles. The lowest BCUT2D eigenvalue weighted by atomic mass is 10.3. The molecule has 0 fully saturated rings. The van der Waals surface area contributed by atoms with E-state index in [1.54, 1.807) is 28.0 Å². The maximum absolute atomic E-state index is 13.6. The van der Waals surface area contributed by atoms with Crippen molar-refractivity contribution in [3.05, 3.63) is 59.7 Å². The first-order valence-electron chi connectivity index (χ1n) is 7.64. The molecule has 4 rings (SSSR count). The van der Waals surface area contributed by atoms with Gasteiger partial charge in [0, 0.05) is 0 Å². The molecule has 0 saturated heterocycles. The largest absolute Gasteiger partial charge is 0.323 e. The van der Waals surface area contributed by atoms with Crippen molar-refractivity contribution in [2.45, 2.75) is 5.16 Å².